The summed E-state index contributed by atoms with van der Waals surface area (Å²) in [5.74, 6) is -2.21. The van der Waals surface area contributed by atoms with Crippen molar-refractivity contribution in [1.29, 1.82) is 0 Å². The van der Waals surface area contributed by atoms with Gasteiger partial charge in [-0.3, -0.25) is 9.59 Å². The number of nitrogens with one attached hydrogen (secondary N) is 1. The van der Waals surface area contributed by atoms with Gasteiger partial charge in [-0.15, -0.1) is 0 Å². The molecule has 34 heavy (non-hydrogen) atoms. The predicted octanol–water partition coefficient (Wildman–Crippen LogP) is 3.03. The molecule has 174 valence electrons. The number of primary amides is 1. The number of allylic oxidation sites excluding steroid dienone is 1. The Balaban J connectivity index is 0.000000248. The van der Waals surface area contributed by atoms with E-state index in [0.717, 1.165) is 0 Å². The van der Waals surface area contributed by atoms with Gasteiger partial charge in [-0.05, 0) is 48.0 Å². The van der Waals surface area contributed by atoms with Crippen molar-refractivity contribution in [2.75, 3.05) is 11.8 Å². The zero-order chi connectivity index (χ0) is 24.8. The summed E-state index contributed by atoms with van der Waals surface area (Å²) in [6.45, 7) is 0. The van der Waals surface area contributed by atoms with E-state index in [1.54, 1.807) is 18.2 Å². The summed E-state index contributed by atoms with van der Waals surface area (Å²) in [6, 6.07) is 12.6. The molecule has 11 heteroatoms. The van der Waals surface area contributed by atoms with Crippen LogP contribution in [0, 0.1) is 5.82 Å². The number of carboxylic acid groups (broad SMARTS) is 1. The molecule has 0 aliphatic carbocycles. The number of methoxy groups -OCH3 is 1. The monoisotopic (exact) mass is 483 g/mol. The van der Waals surface area contributed by atoms with Crippen molar-refractivity contribution < 1.29 is 32.8 Å². The molecule has 1 atom stereocenters. The SMILES string of the molecule is COc1ccc(C(N)=O)cn1.O=C(O)c1ccc2c(c1)C(=O)/C(=C/c1cccc(F)c1)S(=O)N2. The van der Waals surface area contributed by atoms with Crippen LogP contribution in [-0.4, -0.2) is 39.1 Å². The number of hydrogen-bond donors (Lipinski definition) is 3. The number of carbonyl (C=O) groups excluding carboxylic acids is 2. The van der Waals surface area contributed by atoms with Gasteiger partial charge >= 0.3 is 5.97 Å². The van der Waals surface area contributed by atoms with Crippen LogP contribution in [0.25, 0.3) is 6.08 Å². The molecule has 1 unspecified atom stereocenters. The van der Waals surface area contributed by atoms with Crippen molar-refractivity contribution in [3.8, 4) is 5.88 Å². The number of fused-ring (bicyclic) bond motifs is 1. The van der Waals surface area contributed by atoms with Crippen molar-refractivity contribution in [3.63, 3.8) is 0 Å². The lowest BCUT2D eigenvalue weighted by Gasteiger charge is -2.19. The molecule has 0 fully saturated rings. The third-order valence-electron chi connectivity index (χ3n) is 4.51. The van der Waals surface area contributed by atoms with E-state index >= 15 is 0 Å². The Bertz CT molecular complexity index is 1320. The number of pyridine rings is 1. The molecule has 0 bridgehead atoms. The number of nitrogens with zero attached hydrogens (tertiary/aromatic N) is 1. The molecule has 9 nitrogen and oxygen atoms in total. The summed E-state index contributed by atoms with van der Waals surface area (Å²) in [5.41, 5.74) is 6.13. The fraction of sp³-hybridized carbons (Fsp3) is 0.0435. The van der Waals surface area contributed by atoms with Crippen molar-refractivity contribution in [3.05, 3.63) is 93.8 Å². The number of rotatable bonds is 4. The van der Waals surface area contributed by atoms with Gasteiger partial charge in [0, 0.05) is 17.8 Å². The molecule has 2 aromatic carbocycles. The number of aromatic carboxylic acids is 1. The Hall–Kier alpha value is -4.38. The Morgan fingerprint density at radius 1 is 1.15 bits per heavy atom. The second-order valence-corrected chi connectivity index (χ2v) is 7.96. The van der Waals surface area contributed by atoms with Crippen LogP contribution in [0.1, 0.15) is 36.6 Å². The number of aromatic nitrogens is 1. The molecule has 3 aromatic rings. The molecule has 2 heterocycles. The molecular weight excluding hydrogens is 465 g/mol. The molecule has 0 radical (unpaired) electrons. The van der Waals surface area contributed by atoms with Gasteiger partial charge in [0.15, 0.2) is 11.0 Å². The first-order valence-electron chi connectivity index (χ1n) is 9.57. The van der Waals surface area contributed by atoms with E-state index in [9.17, 15) is 23.0 Å². The van der Waals surface area contributed by atoms with E-state index in [0.29, 0.717) is 22.7 Å². The van der Waals surface area contributed by atoms with Crippen LogP contribution in [0.5, 0.6) is 5.88 Å². The second-order valence-electron chi connectivity index (χ2n) is 6.78. The molecule has 0 spiro atoms. The van der Waals surface area contributed by atoms with E-state index in [1.807, 2.05) is 0 Å². The number of carbonyl (C=O) groups is 3. The number of carboxylic acids is 1. The van der Waals surface area contributed by atoms with Crippen LogP contribution in [-0.2, 0) is 11.0 Å². The average molecular weight is 483 g/mol. The highest BCUT2D eigenvalue weighted by atomic mass is 32.2. The van der Waals surface area contributed by atoms with Gasteiger partial charge in [-0.2, -0.15) is 0 Å². The highest BCUT2D eigenvalue weighted by Crippen LogP contribution is 2.29. The minimum Gasteiger partial charge on any atom is -0.481 e. The molecular formula is C23H18FN3O6S. The van der Waals surface area contributed by atoms with Crippen molar-refractivity contribution in [1.82, 2.24) is 4.98 Å². The normalized spacial score (nSPS) is 15.4. The van der Waals surface area contributed by atoms with Gasteiger partial charge < -0.3 is 20.3 Å². The van der Waals surface area contributed by atoms with E-state index in [1.165, 1.54) is 55.8 Å². The molecule has 1 aliphatic heterocycles. The van der Waals surface area contributed by atoms with Crippen LogP contribution in [0.15, 0.2) is 65.7 Å². The van der Waals surface area contributed by atoms with Gasteiger partial charge in [0.25, 0.3) is 0 Å². The van der Waals surface area contributed by atoms with Crippen LogP contribution < -0.4 is 15.2 Å². The molecule has 4 rings (SSSR count). The molecule has 0 saturated heterocycles. The van der Waals surface area contributed by atoms with Crippen LogP contribution in [0.3, 0.4) is 0 Å². The Labute approximate surface area is 195 Å². The first-order chi connectivity index (χ1) is 16.2. The minimum absolute atomic E-state index is 0.0447. The largest absolute Gasteiger partial charge is 0.481 e. The van der Waals surface area contributed by atoms with Gasteiger partial charge in [0.05, 0.1) is 23.9 Å². The number of nitrogens with two attached hydrogens (primary N) is 1. The molecule has 1 amide bonds. The zero-order valence-corrected chi connectivity index (χ0v) is 18.5. The third kappa shape index (κ3) is 5.70. The van der Waals surface area contributed by atoms with E-state index in [4.69, 9.17) is 15.6 Å². The van der Waals surface area contributed by atoms with E-state index < -0.39 is 34.5 Å². The van der Waals surface area contributed by atoms with Gasteiger partial charge in [-0.25, -0.2) is 18.4 Å². The maximum absolute atomic E-state index is 13.2. The van der Waals surface area contributed by atoms with Gasteiger partial charge in [0.2, 0.25) is 17.6 Å². The fourth-order valence-electron chi connectivity index (χ4n) is 2.84. The summed E-state index contributed by atoms with van der Waals surface area (Å²) in [7, 11) is -0.296. The summed E-state index contributed by atoms with van der Waals surface area (Å²) in [4.78, 5) is 37.8. The lowest BCUT2D eigenvalue weighted by molar-refractivity contribution is 0.0696. The maximum Gasteiger partial charge on any atom is 0.335 e. The Morgan fingerprint density at radius 3 is 2.47 bits per heavy atom. The number of halogens is 1. The van der Waals surface area contributed by atoms with E-state index in [2.05, 4.69) is 9.71 Å². The minimum atomic E-state index is -1.80. The zero-order valence-electron chi connectivity index (χ0n) is 17.7. The molecule has 1 aromatic heterocycles. The number of anilines is 1. The average Bonchev–Trinajstić information content (AvgIpc) is 2.82. The summed E-state index contributed by atoms with van der Waals surface area (Å²) < 4.78 is 32.8. The summed E-state index contributed by atoms with van der Waals surface area (Å²) in [6.07, 6.45) is 2.70. The number of benzene rings is 2. The second kappa shape index (κ2) is 10.5. The fourth-order valence-corrected chi connectivity index (χ4v) is 3.85. The number of hydrogen-bond acceptors (Lipinski definition) is 6. The number of ether oxygens (including phenoxy) is 1. The Kier molecular flexibility index (Phi) is 7.49. The third-order valence-corrected chi connectivity index (χ3v) is 5.62. The number of ketones is 1. The highest BCUT2D eigenvalue weighted by Gasteiger charge is 2.28. The van der Waals surface area contributed by atoms with Crippen LogP contribution in [0.4, 0.5) is 10.1 Å². The smallest absolute Gasteiger partial charge is 0.335 e. The maximum atomic E-state index is 13.2. The quantitative estimate of drug-likeness (QED) is 0.483. The van der Waals surface area contributed by atoms with E-state index in [-0.39, 0.29) is 16.0 Å². The van der Waals surface area contributed by atoms with Gasteiger partial charge in [-0.1, -0.05) is 12.1 Å². The standard InChI is InChI=1S/C16H10FNO4S.C7H8N2O2/c17-11-3-1-2-9(6-11)7-14-15(19)12-8-10(16(20)21)4-5-13(12)18-23(14)22;1-11-6-3-2-5(4-9-6)7(8)10/h1-8,18H,(H,20,21);2-4H,1H3,(H2,8,10)/b14-7-;. The lowest BCUT2D eigenvalue weighted by atomic mass is 10.0. The van der Waals surface area contributed by atoms with Crippen molar-refractivity contribution in [2.24, 2.45) is 5.73 Å². The van der Waals surface area contributed by atoms with Crippen molar-refractivity contribution >= 4 is 40.4 Å². The summed E-state index contributed by atoms with van der Waals surface area (Å²) >= 11 is 0. The van der Waals surface area contributed by atoms with Gasteiger partial charge in [0.1, 0.15) is 10.7 Å². The number of amides is 1. The van der Waals surface area contributed by atoms with Crippen LogP contribution in [0.2, 0.25) is 0 Å². The van der Waals surface area contributed by atoms with Crippen molar-refractivity contribution in [2.45, 2.75) is 0 Å². The Morgan fingerprint density at radius 2 is 1.88 bits per heavy atom. The first-order valence-corrected chi connectivity index (χ1v) is 10.7. The highest BCUT2D eigenvalue weighted by molar-refractivity contribution is 7.91. The molecule has 1 aliphatic rings. The predicted molar refractivity (Wildman–Crippen MR) is 123 cm³/mol. The lowest BCUT2D eigenvalue weighted by Crippen LogP contribution is -2.23. The molecule has 0 saturated carbocycles. The van der Waals surface area contributed by atoms with Crippen LogP contribution >= 0.6 is 0 Å². The summed E-state index contributed by atoms with van der Waals surface area (Å²) in [5, 5.41) is 9.01. The molecule has 4 N–H and O–H groups in total. The topological polar surface area (TPSA) is 149 Å². The number of Topliss-reactive ketones (excluding diaryl/α,β-unsaturated/α-hetero) is 1. The first kappa shape index (κ1) is 24.3.